The highest BCUT2D eigenvalue weighted by Crippen LogP contribution is 2.31. The second kappa shape index (κ2) is 5.39. The van der Waals surface area contributed by atoms with Crippen LogP contribution in [0.4, 0.5) is 0 Å². The van der Waals surface area contributed by atoms with E-state index < -0.39 is 0 Å². The van der Waals surface area contributed by atoms with Crippen molar-refractivity contribution in [1.29, 1.82) is 0 Å². The Balaban J connectivity index is 0.000000637. The number of carbonyl (C=O) groups excluding carboxylic acids is 2. The second-order valence-electron chi connectivity index (χ2n) is 4.57. The molecule has 0 bridgehead atoms. The van der Waals surface area contributed by atoms with E-state index in [4.69, 9.17) is 0 Å². The van der Waals surface area contributed by atoms with E-state index in [1.54, 1.807) is 24.3 Å². The molecule has 0 saturated heterocycles. The summed E-state index contributed by atoms with van der Waals surface area (Å²) in [4.78, 5) is 25.9. The SMILES string of the molecule is CC.CC1=CCCC1N1C(=O)c2ccccc2C1=O. The lowest BCUT2D eigenvalue weighted by atomic mass is 10.1. The Labute approximate surface area is 113 Å². The van der Waals surface area contributed by atoms with Crippen molar-refractivity contribution in [2.45, 2.75) is 39.7 Å². The molecule has 3 rings (SSSR count). The molecule has 0 saturated carbocycles. The Kier molecular flexibility index (Phi) is 3.84. The first-order chi connectivity index (χ1) is 9.20. The van der Waals surface area contributed by atoms with Gasteiger partial charge < -0.3 is 0 Å². The van der Waals surface area contributed by atoms with Crippen LogP contribution < -0.4 is 0 Å². The number of hydrogen-bond acceptors (Lipinski definition) is 2. The smallest absolute Gasteiger partial charge is 0.262 e. The van der Waals surface area contributed by atoms with Crippen LogP contribution in [0.2, 0.25) is 0 Å². The Bertz CT molecular complexity index is 510. The zero-order valence-electron chi connectivity index (χ0n) is 11.6. The van der Waals surface area contributed by atoms with Crippen LogP contribution in [-0.4, -0.2) is 22.8 Å². The van der Waals surface area contributed by atoms with Crippen LogP contribution in [0.5, 0.6) is 0 Å². The Morgan fingerprint density at radius 3 is 2.00 bits per heavy atom. The average molecular weight is 257 g/mol. The minimum absolute atomic E-state index is 0.0394. The first kappa shape index (κ1) is 13.5. The Hall–Kier alpha value is -1.90. The van der Waals surface area contributed by atoms with Crippen LogP contribution in [0.3, 0.4) is 0 Å². The predicted octanol–water partition coefficient (Wildman–Crippen LogP) is 3.42. The summed E-state index contributed by atoms with van der Waals surface area (Å²) in [6.07, 6.45) is 3.91. The molecule has 19 heavy (non-hydrogen) atoms. The highest BCUT2D eigenvalue weighted by molar-refractivity contribution is 6.21. The number of hydrogen-bond donors (Lipinski definition) is 0. The summed E-state index contributed by atoms with van der Waals surface area (Å²) in [6.45, 7) is 5.99. The molecule has 3 nitrogen and oxygen atoms in total. The van der Waals surface area contributed by atoms with Crippen molar-refractivity contribution in [2.24, 2.45) is 0 Å². The molecule has 1 aliphatic carbocycles. The van der Waals surface area contributed by atoms with Gasteiger partial charge in [-0.25, -0.2) is 0 Å². The van der Waals surface area contributed by atoms with E-state index in [0.717, 1.165) is 18.4 Å². The fourth-order valence-electron chi connectivity index (χ4n) is 2.66. The van der Waals surface area contributed by atoms with Gasteiger partial charge in [0.05, 0.1) is 17.2 Å². The van der Waals surface area contributed by atoms with Gasteiger partial charge in [-0.2, -0.15) is 0 Å². The molecule has 0 N–H and O–H groups in total. The number of imide groups is 1. The van der Waals surface area contributed by atoms with Crippen molar-refractivity contribution in [3.8, 4) is 0 Å². The lowest BCUT2D eigenvalue weighted by molar-refractivity contribution is 0.0607. The normalized spacial score (nSPS) is 20.9. The monoisotopic (exact) mass is 257 g/mol. The lowest BCUT2D eigenvalue weighted by Crippen LogP contribution is -2.39. The second-order valence-corrected chi connectivity index (χ2v) is 4.57. The molecule has 1 aromatic rings. The summed E-state index contributed by atoms with van der Waals surface area (Å²) in [5.41, 5.74) is 2.20. The summed E-state index contributed by atoms with van der Waals surface area (Å²) in [7, 11) is 0. The number of benzene rings is 1. The number of fused-ring (bicyclic) bond motifs is 1. The first-order valence-electron chi connectivity index (χ1n) is 6.83. The van der Waals surface area contributed by atoms with Crippen molar-refractivity contribution in [3.63, 3.8) is 0 Å². The first-order valence-corrected chi connectivity index (χ1v) is 6.83. The van der Waals surface area contributed by atoms with Gasteiger partial charge in [0, 0.05) is 0 Å². The van der Waals surface area contributed by atoms with Crippen molar-refractivity contribution >= 4 is 11.8 Å². The summed E-state index contributed by atoms with van der Waals surface area (Å²) >= 11 is 0. The fraction of sp³-hybridized carbons (Fsp3) is 0.375. The topological polar surface area (TPSA) is 37.4 Å². The van der Waals surface area contributed by atoms with Gasteiger partial charge in [0.1, 0.15) is 0 Å². The molecule has 0 aromatic heterocycles. The van der Waals surface area contributed by atoms with Gasteiger partial charge >= 0.3 is 0 Å². The van der Waals surface area contributed by atoms with Crippen LogP contribution in [0, 0.1) is 0 Å². The van der Waals surface area contributed by atoms with Crippen molar-refractivity contribution < 1.29 is 9.59 Å². The number of carbonyl (C=O) groups is 2. The molecule has 2 aliphatic rings. The molecule has 1 heterocycles. The minimum Gasteiger partial charge on any atom is -0.269 e. The van der Waals surface area contributed by atoms with Gasteiger partial charge in [-0.15, -0.1) is 0 Å². The number of rotatable bonds is 1. The third-order valence-corrected chi connectivity index (χ3v) is 3.57. The Morgan fingerprint density at radius 2 is 1.58 bits per heavy atom. The molecule has 0 spiro atoms. The van der Waals surface area contributed by atoms with Gasteiger partial charge in [0.25, 0.3) is 11.8 Å². The number of allylic oxidation sites excluding steroid dienone is 1. The predicted molar refractivity (Wildman–Crippen MR) is 75.1 cm³/mol. The van der Waals surface area contributed by atoms with Gasteiger partial charge in [0.15, 0.2) is 0 Å². The standard InChI is InChI=1S/C14H13NO2.C2H6/c1-9-5-4-8-12(9)15-13(16)10-6-2-3-7-11(10)14(15)17;1-2/h2-3,5-7,12H,4,8H2,1H3;1-2H3. The zero-order chi connectivity index (χ0) is 14.0. The van der Waals surface area contributed by atoms with E-state index in [9.17, 15) is 9.59 Å². The van der Waals surface area contributed by atoms with E-state index in [2.05, 4.69) is 6.08 Å². The van der Waals surface area contributed by atoms with Crippen LogP contribution in [0.1, 0.15) is 54.3 Å². The number of amides is 2. The zero-order valence-corrected chi connectivity index (χ0v) is 11.6. The molecular weight excluding hydrogens is 238 g/mol. The molecule has 2 amide bonds. The van der Waals surface area contributed by atoms with E-state index >= 15 is 0 Å². The molecule has 1 aliphatic heterocycles. The molecule has 1 aromatic carbocycles. The fourth-order valence-corrected chi connectivity index (χ4v) is 2.66. The van der Waals surface area contributed by atoms with Crippen molar-refractivity contribution in [1.82, 2.24) is 4.90 Å². The van der Waals surface area contributed by atoms with E-state index in [1.165, 1.54) is 4.90 Å². The van der Waals surface area contributed by atoms with Crippen LogP contribution in [0.15, 0.2) is 35.9 Å². The number of nitrogens with zero attached hydrogens (tertiary/aromatic N) is 1. The van der Waals surface area contributed by atoms with Crippen LogP contribution in [0.25, 0.3) is 0 Å². The third kappa shape index (κ3) is 2.09. The largest absolute Gasteiger partial charge is 0.269 e. The van der Waals surface area contributed by atoms with Gasteiger partial charge in [0.2, 0.25) is 0 Å². The molecular formula is C16H19NO2. The maximum Gasteiger partial charge on any atom is 0.262 e. The lowest BCUT2D eigenvalue weighted by Gasteiger charge is -2.23. The molecule has 3 heteroatoms. The quantitative estimate of drug-likeness (QED) is 0.571. The van der Waals surface area contributed by atoms with Gasteiger partial charge in [-0.1, -0.05) is 37.6 Å². The highest BCUT2D eigenvalue weighted by atomic mass is 16.2. The van der Waals surface area contributed by atoms with Gasteiger partial charge in [-0.05, 0) is 31.9 Å². The van der Waals surface area contributed by atoms with Crippen molar-refractivity contribution in [2.75, 3.05) is 0 Å². The molecule has 1 unspecified atom stereocenters. The maximum atomic E-state index is 12.2. The summed E-state index contributed by atoms with van der Waals surface area (Å²) in [6, 6.07) is 7.01. The molecule has 100 valence electrons. The van der Waals surface area contributed by atoms with E-state index in [1.807, 2.05) is 20.8 Å². The Morgan fingerprint density at radius 1 is 1.05 bits per heavy atom. The van der Waals surface area contributed by atoms with Gasteiger partial charge in [-0.3, -0.25) is 14.5 Å². The summed E-state index contributed by atoms with van der Waals surface area (Å²) in [5.74, 6) is -0.296. The third-order valence-electron chi connectivity index (χ3n) is 3.57. The molecule has 0 radical (unpaired) electrons. The molecule has 0 fully saturated rings. The van der Waals surface area contributed by atoms with Crippen molar-refractivity contribution in [3.05, 3.63) is 47.0 Å². The summed E-state index contributed by atoms with van der Waals surface area (Å²) < 4.78 is 0. The molecule has 1 atom stereocenters. The minimum atomic E-state index is -0.148. The van der Waals surface area contributed by atoms with Crippen LogP contribution >= 0.6 is 0 Å². The highest BCUT2D eigenvalue weighted by Gasteiger charge is 2.40. The maximum absolute atomic E-state index is 12.2. The summed E-state index contributed by atoms with van der Waals surface area (Å²) in [5, 5.41) is 0. The average Bonchev–Trinajstić information content (AvgIpc) is 2.96. The van der Waals surface area contributed by atoms with E-state index in [0.29, 0.717) is 11.1 Å². The van der Waals surface area contributed by atoms with Crippen LogP contribution in [-0.2, 0) is 0 Å². The van der Waals surface area contributed by atoms with E-state index in [-0.39, 0.29) is 17.9 Å².